The molecule has 4 N–H and O–H groups in total. The fraction of sp³-hybridized carbons (Fsp3) is 0.743. The second kappa shape index (κ2) is 16.5. The number of ketones is 1. The van der Waals surface area contributed by atoms with E-state index < -0.39 is 70.5 Å². The highest BCUT2D eigenvalue weighted by Crippen LogP contribution is 2.53. The molecule has 2 aliphatic rings. The van der Waals surface area contributed by atoms with Gasteiger partial charge in [0.1, 0.15) is 18.3 Å². The van der Waals surface area contributed by atoms with Crippen molar-refractivity contribution in [3.63, 3.8) is 0 Å². The third-order valence-corrected chi connectivity index (χ3v) is 10.8. The summed E-state index contributed by atoms with van der Waals surface area (Å²) in [5, 5.41) is 11.1. The first-order valence-corrected chi connectivity index (χ1v) is 18.2. The van der Waals surface area contributed by atoms with E-state index in [4.69, 9.17) is 6.42 Å². The van der Waals surface area contributed by atoms with Gasteiger partial charge >= 0.3 is 6.03 Å². The fourth-order valence-corrected chi connectivity index (χ4v) is 6.95. The zero-order chi connectivity index (χ0) is 36.8. The molecule has 0 spiro atoms. The highest BCUT2D eigenvalue weighted by molar-refractivity contribution is 7.88. The Labute approximate surface area is 290 Å². The molecule has 2 fully saturated rings. The van der Waals surface area contributed by atoms with Crippen molar-refractivity contribution in [1.82, 2.24) is 30.5 Å². The zero-order valence-electron chi connectivity index (χ0n) is 30.5. The smallest absolute Gasteiger partial charge is 0.315 e. The monoisotopic (exact) mass is 690 g/mol. The summed E-state index contributed by atoms with van der Waals surface area (Å²) in [5.74, 6) is -0.313. The Balaban J connectivity index is 2.42. The quantitative estimate of drug-likeness (QED) is 0.0942. The van der Waals surface area contributed by atoms with E-state index in [0.29, 0.717) is 19.5 Å². The van der Waals surface area contributed by atoms with Crippen LogP contribution in [0.25, 0.3) is 0 Å². The number of rotatable bonds is 14. The van der Waals surface area contributed by atoms with Crippen LogP contribution in [0.3, 0.4) is 0 Å². The Morgan fingerprint density at radius 1 is 1.10 bits per heavy atom. The highest BCUT2D eigenvalue weighted by atomic mass is 32.2. The zero-order valence-corrected chi connectivity index (χ0v) is 31.3. The molecular formula is C35H58N6O6S. The Morgan fingerprint density at radius 2 is 1.73 bits per heavy atom. The van der Waals surface area contributed by atoms with Crippen LogP contribution < -0.4 is 21.3 Å². The number of hydrogen-bond donors (Lipinski definition) is 4. The number of nitrogens with zero attached hydrogens (tertiary/aromatic N) is 2. The van der Waals surface area contributed by atoms with E-state index in [9.17, 15) is 28.5 Å². The van der Waals surface area contributed by atoms with Crippen molar-refractivity contribution in [2.45, 2.75) is 105 Å². The Hall–Kier alpha value is -3.08. The summed E-state index contributed by atoms with van der Waals surface area (Å²) in [6.07, 6.45) is 10.3. The first kappa shape index (κ1) is 41.1. The number of amides is 5. The molecule has 13 heteroatoms. The molecule has 0 bridgehead atoms. The molecule has 1 aliphatic carbocycles. The van der Waals surface area contributed by atoms with Gasteiger partial charge in [-0.15, -0.1) is 23.2 Å². The minimum absolute atomic E-state index is 0.0121. The van der Waals surface area contributed by atoms with E-state index in [2.05, 4.69) is 47.6 Å². The number of carbonyl (C=O) groups excluding carboxylic acids is 5. The third kappa shape index (κ3) is 10.5. The van der Waals surface area contributed by atoms with Crippen LogP contribution in [-0.2, 0) is 30.5 Å². The number of hydrogen-bond acceptors (Lipinski definition) is 7. The van der Waals surface area contributed by atoms with Gasteiger partial charge in [-0.2, -0.15) is 0 Å². The number of Topliss-reactive ketones (excluding diaryl/α,β-unsaturated/α-hetero) is 1. The largest absolute Gasteiger partial charge is 0.598 e. The van der Waals surface area contributed by atoms with Crippen LogP contribution in [0.2, 0.25) is 0 Å². The van der Waals surface area contributed by atoms with Gasteiger partial charge in [-0.3, -0.25) is 19.2 Å². The van der Waals surface area contributed by atoms with E-state index in [0.717, 1.165) is 6.42 Å². The SMILES string of the molecule is C#CCCC(NC(=O)[C@@H]1[C@H]2CCC(C)(C)[C@H]2CN1C(=O)[C@@H](NC(=O)N[C@H](CN(C)[S+](C)[O-])C(C)(C)C)C(C)(C)C)C(=O)C(=O)NCC=C. The molecule has 1 heterocycles. The summed E-state index contributed by atoms with van der Waals surface area (Å²) in [6, 6.07) is -4.03. The molecule has 0 aromatic rings. The van der Waals surface area contributed by atoms with Gasteiger partial charge in [0.05, 0.1) is 18.6 Å². The summed E-state index contributed by atoms with van der Waals surface area (Å²) < 4.78 is 13.7. The van der Waals surface area contributed by atoms with Crippen molar-refractivity contribution in [3.8, 4) is 12.3 Å². The average molecular weight is 691 g/mol. The standard InChI is InChI=1S/C35H58N6O6S/c1-13-15-16-24(27(42)30(44)36-19-14-2)37-29(43)26-22-17-18-35(9,10)23(22)20-41(26)31(45)28(34(6,7)8)39-32(46)38-25(33(3,4)5)21-40(11)48(12)47/h1,14,22-26,28H,2,15-21H2,3-12H3,(H,36,44)(H,37,43)(H2,38,39,46)/t22-,23-,24?,25+,26-,28+,48?/m0/s1. The van der Waals surface area contributed by atoms with Gasteiger partial charge in [0.25, 0.3) is 5.91 Å². The first-order valence-electron chi connectivity index (χ1n) is 16.7. The van der Waals surface area contributed by atoms with Gasteiger partial charge in [-0.25, -0.2) is 4.79 Å². The van der Waals surface area contributed by atoms with Crippen LogP contribution in [-0.4, -0.2) is 100 Å². The number of terminal acetylenes is 1. The number of likely N-dealkylation sites (N-methyl/N-ethyl adjacent to an activating group) is 1. The topological polar surface area (TPSA) is 163 Å². The molecular weight excluding hydrogens is 632 g/mol. The van der Waals surface area contributed by atoms with Crippen molar-refractivity contribution < 1.29 is 28.5 Å². The predicted molar refractivity (Wildman–Crippen MR) is 189 cm³/mol. The molecule has 48 heavy (non-hydrogen) atoms. The van der Waals surface area contributed by atoms with Crippen molar-refractivity contribution in [3.05, 3.63) is 12.7 Å². The number of carbonyl (C=O) groups is 5. The lowest BCUT2D eigenvalue weighted by Crippen LogP contribution is -2.62. The maximum atomic E-state index is 14.5. The maximum absolute atomic E-state index is 14.5. The van der Waals surface area contributed by atoms with Crippen LogP contribution >= 0.6 is 0 Å². The molecule has 0 radical (unpaired) electrons. The van der Waals surface area contributed by atoms with Crippen LogP contribution in [0.5, 0.6) is 0 Å². The number of urea groups is 1. The van der Waals surface area contributed by atoms with E-state index in [1.165, 1.54) is 6.08 Å². The molecule has 7 atom stereocenters. The second-order valence-electron chi connectivity index (χ2n) is 16.0. The van der Waals surface area contributed by atoms with Crippen LogP contribution in [0.1, 0.15) is 81.1 Å². The third-order valence-electron chi connectivity index (χ3n) is 9.79. The van der Waals surface area contributed by atoms with Gasteiger partial charge in [0.15, 0.2) is 0 Å². The summed E-state index contributed by atoms with van der Waals surface area (Å²) >= 11 is -1.24. The summed E-state index contributed by atoms with van der Waals surface area (Å²) in [7, 11) is 1.71. The van der Waals surface area contributed by atoms with Crippen LogP contribution in [0.15, 0.2) is 12.7 Å². The first-order chi connectivity index (χ1) is 22.1. The second-order valence-corrected chi connectivity index (χ2v) is 17.4. The Kier molecular flexibility index (Phi) is 14.2. The molecule has 270 valence electrons. The minimum atomic E-state index is -1.24. The molecule has 5 amide bonds. The van der Waals surface area contributed by atoms with Gasteiger partial charge in [-0.1, -0.05) is 61.5 Å². The van der Waals surface area contributed by atoms with Gasteiger partial charge in [-0.05, 0) is 47.3 Å². The van der Waals surface area contributed by atoms with Gasteiger partial charge in [0.2, 0.25) is 17.6 Å². The van der Waals surface area contributed by atoms with E-state index in [1.807, 2.05) is 41.5 Å². The van der Waals surface area contributed by atoms with Crippen molar-refractivity contribution in [1.29, 1.82) is 0 Å². The molecule has 1 saturated heterocycles. The molecule has 0 aromatic heterocycles. The number of fused-ring (bicyclic) bond motifs is 1. The van der Waals surface area contributed by atoms with Crippen molar-refractivity contribution in [2.24, 2.45) is 28.1 Å². The van der Waals surface area contributed by atoms with E-state index >= 15 is 0 Å². The van der Waals surface area contributed by atoms with E-state index in [-0.39, 0.29) is 42.1 Å². The molecule has 1 saturated carbocycles. The minimum Gasteiger partial charge on any atom is -0.598 e. The summed E-state index contributed by atoms with van der Waals surface area (Å²) in [6.45, 7) is 20.0. The normalized spacial score (nSPS) is 22.8. The Morgan fingerprint density at radius 3 is 2.25 bits per heavy atom. The van der Waals surface area contributed by atoms with Gasteiger partial charge in [0, 0.05) is 37.9 Å². The number of nitrogens with one attached hydrogen (secondary N) is 4. The molecule has 1 aliphatic heterocycles. The number of likely N-dealkylation sites (tertiary alicyclic amines) is 1. The molecule has 2 unspecified atom stereocenters. The maximum Gasteiger partial charge on any atom is 0.315 e. The molecule has 2 rings (SSSR count). The fourth-order valence-electron chi connectivity index (χ4n) is 6.59. The van der Waals surface area contributed by atoms with Gasteiger partial charge < -0.3 is 30.7 Å². The highest BCUT2D eigenvalue weighted by Gasteiger charge is 2.57. The summed E-state index contributed by atoms with van der Waals surface area (Å²) in [4.78, 5) is 69.4. The summed E-state index contributed by atoms with van der Waals surface area (Å²) in [5.41, 5.74) is -1.27. The molecule has 0 aromatic carbocycles. The van der Waals surface area contributed by atoms with Crippen LogP contribution in [0, 0.1) is 40.4 Å². The van der Waals surface area contributed by atoms with Crippen molar-refractivity contribution >= 4 is 40.9 Å². The van der Waals surface area contributed by atoms with E-state index in [1.54, 1.807) is 22.5 Å². The predicted octanol–water partition coefficient (Wildman–Crippen LogP) is 2.37. The van der Waals surface area contributed by atoms with Crippen LogP contribution in [0.4, 0.5) is 4.79 Å². The van der Waals surface area contributed by atoms with Crippen molar-refractivity contribution in [2.75, 3.05) is 32.9 Å². The average Bonchev–Trinajstić information content (AvgIpc) is 3.51. The lowest BCUT2D eigenvalue weighted by Gasteiger charge is -2.38. The molecule has 12 nitrogen and oxygen atoms in total. The Bertz CT molecular complexity index is 1250. The lowest BCUT2D eigenvalue weighted by molar-refractivity contribution is -0.144. The lowest BCUT2D eigenvalue weighted by atomic mass is 9.79.